The summed E-state index contributed by atoms with van der Waals surface area (Å²) in [5.74, 6) is 4.16. The van der Waals surface area contributed by atoms with Crippen LogP contribution in [0.3, 0.4) is 0 Å². The molecule has 0 amide bonds. The van der Waals surface area contributed by atoms with Crippen LogP contribution in [0.25, 0.3) is 0 Å². The van der Waals surface area contributed by atoms with Crippen molar-refractivity contribution in [1.82, 2.24) is 5.16 Å². The highest BCUT2D eigenvalue weighted by Crippen LogP contribution is 2.70. The Labute approximate surface area is 157 Å². The van der Waals surface area contributed by atoms with E-state index in [1.165, 1.54) is 38.5 Å². The Bertz CT molecular complexity index is 672. The summed E-state index contributed by atoms with van der Waals surface area (Å²) in [7, 11) is 0. The number of rotatable bonds is 1. The van der Waals surface area contributed by atoms with Crippen molar-refractivity contribution in [3.8, 4) is 0 Å². The molecule has 8 atom stereocenters. The third kappa shape index (κ3) is 2.07. The van der Waals surface area contributed by atoms with Crippen molar-refractivity contribution in [2.75, 3.05) is 0 Å². The predicted molar refractivity (Wildman–Crippen MR) is 101 cm³/mol. The molecule has 26 heavy (non-hydrogen) atoms. The van der Waals surface area contributed by atoms with Gasteiger partial charge in [-0.15, -0.1) is 0 Å². The minimum absolute atomic E-state index is 0.0454. The maximum absolute atomic E-state index is 11.7. The standard InChI is InChI=1S/C23H35NO2/c1-15-6-10-21(2)16(14-15)4-5-17-18(21)7-11-22(3)19(17)8-12-23(22,25)20-9-13-26-24-20/h9,13,15-19,25H,4-8,10-12,14H2,1-3H3/t15?,16?,17-,18-,19+,21+,22+,23?/m1/s1. The summed E-state index contributed by atoms with van der Waals surface area (Å²) in [6.45, 7) is 7.44. The quantitative estimate of drug-likeness (QED) is 0.717. The summed E-state index contributed by atoms with van der Waals surface area (Å²) < 4.78 is 5.11. The second kappa shape index (κ2) is 5.59. The van der Waals surface area contributed by atoms with E-state index in [0.717, 1.165) is 48.6 Å². The van der Waals surface area contributed by atoms with Crippen LogP contribution in [0.2, 0.25) is 0 Å². The van der Waals surface area contributed by atoms with Crippen LogP contribution in [0.4, 0.5) is 0 Å². The zero-order valence-electron chi connectivity index (χ0n) is 16.7. The topological polar surface area (TPSA) is 46.3 Å². The SMILES string of the molecule is CC1CC[C@@]2(C)C(CC[C@@H]3[C@H]2CC[C@@]2(C)[C@H]3CCC2(O)c2ccon2)C1. The zero-order valence-corrected chi connectivity index (χ0v) is 16.7. The summed E-state index contributed by atoms with van der Waals surface area (Å²) in [6, 6.07) is 1.89. The lowest BCUT2D eigenvalue weighted by molar-refractivity contribution is -0.159. The average Bonchev–Trinajstić information content (AvgIpc) is 3.24. The van der Waals surface area contributed by atoms with E-state index in [-0.39, 0.29) is 5.41 Å². The lowest BCUT2D eigenvalue weighted by Gasteiger charge is -2.61. The molecular formula is C23H35NO2. The second-order valence-electron chi connectivity index (χ2n) is 10.8. The van der Waals surface area contributed by atoms with Crippen LogP contribution in [-0.2, 0) is 5.60 Å². The molecule has 0 aliphatic heterocycles. The molecule has 1 aromatic rings. The molecule has 1 aromatic heterocycles. The van der Waals surface area contributed by atoms with Gasteiger partial charge < -0.3 is 9.63 Å². The van der Waals surface area contributed by atoms with Crippen molar-refractivity contribution in [1.29, 1.82) is 0 Å². The number of aromatic nitrogens is 1. The Morgan fingerprint density at radius 3 is 2.62 bits per heavy atom. The van der Waals surface area contributed by atoms with E-state index in [1.807, 2.05) is 6.07 Å². The summed E-state index contributed by atoms with van der Waals surface area (Å²) in [5, 5.41) is 15.9. The highest BCUT2D eigenvalue weighted by molar-refractivity contribution is 5.22. The normalized spacial score (nSPS) is 53.6. The highest BCUT2D eigenvalue weighted by atomic mass is 16.5. The molecule has 4 fully saturated rings. The first-order valence-electron chi connectivity index (χ1n) is 11.0. The van der Waals surface area contributed by atoms with Crippen LogP contribution >= 0.6 is 0 Å². The van der Waals surface area contributed by atoms with Crippen molar-refractivity contribution in [3.05, 3.63) is 18.0 Å². The number of hydrogen-bond donors (Lipinski definition) is 1. The van der Waals surface area contributed by atoms with Crippen molar-refractivity contribution in [2.45, 2.75) is 84.2 Å². The maximum Gasteiger partial charge on any atom is 0.124 e. The molecule has 0 radical (unpaired) electrons. The van der Waals surface area contributed by atoms with Gasteiger partial charge in [0.25, 0.3) is 0 Å². The molecule has 1 N–H and O–H groups in total. The van der Waals surface area contributed by atoms with Crippen LogP contribution in [0, 0.1) is 40.4 Å². The first kappa shape index (κ1) is 17.3. The summed E-state index contributed by atoms with van der Waals surface area (Å²) in [4.78, 5) is 0. The Hall–Kier alpha value is -0.830. The summed E-state index contributed by atoms with van der Waals surface area (Å²) in [6.07, 6.45) is 13.1. The summed E-state index contributed by atoms with van der Waals surface area (Å²) in [5.41, 5.74) is 0.475. The van der Waals surface area contributed by atoms with Crippen molar-refractivity contribution in [2.24, 2.45) is 40.4 Å². The monoisotopic (exact) mass is 357 g/mol. The number of aliphatic hydroxyl groups is 1. The fourth-order valence-electron chi connectivity index (χ4n) is 8.34. The number of fused-ring (bicyclic) bond motifs is 5. The van der Waals surface area contributed by atoms with Crippen LogP contribution < -0.4 is 0 Å². The van der Waals surface area contributed by atoms with E-state index < -0.39 is 5.60 Å². The molecule has 5 rings (SSSR count). The lowest BCUT2D eigenvalue weighted by Crippen LogP contribution is -2.55. The smallest absolute Gasteiger partial charge is 0.124 e. The van der Waals surface area contributed by atoms with Crippen LogP contribution in [0.5, 0.6) is 0 Å². The molecule has 0 spiro atoms. The van der Waals surface area contributed by atoms with Gasteiger partial charge in [0.15, 0.2) is 0 Å². The Balaban J connectivity index is 1.47. The van der Waals surface area contributed by atoms with Gasteiger partial charge in [0.2, 0.25) is 0 Å². The van der Waals surface area contributed by atoms with Crippen molar-refractivity contribution >= 4 is 0 Å². The fourth-order valence-corrected chi connectivity index (χ4v) is 8.34. The molecule has 3 unspecified atom stereocenters. The third-order valence-electron chi connectivity index (χ3n) is 9.94. The fraction of sp³-hybridized carbons (Fsp3) is 0.870. The molecule has 0 aromatic carbocycles. The van der Waals surface area contributed by atoms with E-state index in [1.54, 1.807) is 6.26 Å². The highest BCUT2D eigenvalue weighted by Gasteiger charge is 2.65. The van der Waals surface area contributed by atoms with Crippen molar-refractivity contribution < 1.29 is 9.63 Å². The van der Waals surface area contributed by atoms with Gasteiger partial charge in [-0.2, -0.15) is 0 Å². The average molecular weight is 358 g/mol. The Morgan fingerprint density at radius 2 is 1.85 bits per heavy atom. The largest absolute Gasteiger partial charge is 0.383 e. The van der Waals surface area contributed by atoms with E-state index >= 15 is 0 Å². The minimum atomic E-state index is -0.797. The molecule has 3 nitrogen and oxygen atoms in total. The molecule has 0 saturated heterocycles. The third-order valence-corrected chi connectivity index (χ3v) is 9.94. The first-order valence-corrected chi connectivity index (χ1v) is 11.0. The molecule has 0 bridgehead atoms. The van der Waals surface area contributed by atoms with Crippen LogP contribution in [0.15, 0.2) is 16.9 Å². The lowest BCUT2D eigenvalue weighted by atomic mass is 9.44. The summed E-state index contributed by atoms with van der Waals surface area (Å²) >= 11 is 0. The van der Waals surface area contributed by atoms with Gasteiger partial charge >= 0.3 is 0 Å². The van der Waals surface area contributed by atoms with Crippen molar-refractivity contribution in [3.63, 3.8) is 0 Å². The Kier molecular flexibility index (Phi) is 3.72. The van der Waals surface area contributed by atoms with Gasteiger partial charge in [-0.3, -0.25) is 0 Å². The van der Waals surface area contributed by atoms with E-state index in [0.29, 0.717) is 11.3 Å². The van der Waals surface area contributed by atoms with Gasteiger partial charge in [-0.05, 0) is 86.4 Å². The van der Waals surface area contributed by atoms with Gasteiger partial charge in [-0.1, -0.05) is 32.3 Å². The first-order chi connectivity index (χ1) is 12.4. The number of nitrogens with zero attached hydrogens (tertiary/aromatic N) is 1. The predicted octanol–water partition coefficient (Wildman–Crippen LogP) is 5.54. The zero-order chi connectivity index (χ0) is 18.2. The maximum atomic E-state index is 11.7. The molecule has 4 aliphatic rings. The molecule has 144 valence electrons. The van der Waals surface area contributed by atoms with E-state index in [2.05, 4.69) is 25.9 Å². The number of hydrogen-bond acceptors (Lipinski definition) is 3. The van der Waals surface area contributed by atoms with Gasteiger partial charge in [0, 0.05) is 11.5 Å². The molecule has 4 saturated carbocycles. The Morgan fingerprint density at radius 1 is 1.04 bits per heavy atom. The van der Waals surface area contributed by atoms with Gasteiger partial charge in [0.1, 0.15) is 17.6 Å². The van der Waals surface area contributed by atoms with Crippen LogP contribution in [0.1, 0.15) is 84.3 Å². The molecular weight excluding hydrogens is 322 g/mol. The van der Waals surface area contributed by atoms with E-state index in [4.69, 9.17) is 4.52 Å². The van der Waals surface area contributed by atoms with E-state index in [9.17, 15) is 5.11 Å². The van der Waals surface area contributed by atoms with Crippen LogP contribution in [-0.4, -0.2) is 10.3 Å². The molecule has 3 heteroatoms. The second-order valence-corrected chi connectivity index (χ2v) is 10.8. The molecule has 4 aliphatic carbocycles. The van der Waals surface area contributed by atoms with Gasteiger partial charge in [0.05, 0.1) is 0 Å². The molecule has 1 heterocycles. The van der Waals surface area contributed by atoms with Gasteiger partial charge in [-0.25, -0.2) is 0 Å². The minimum Gasteiger partial charge on any atom is -0.383 e.